The molecule has 2 N–H and O–H groups in total. The fraction of sp³-hybridized carbons (Fsp3) is 0.667. The van der Waals surface area contributed by atoms with Crippen molar-refractivity contribution < 1.29 is 24.2 Å². The lowest BCUT2D eigenvalue weighted by molar-refractivity contribution is -0.141. The average molecular weight is 463 g/mol. The number of hydrogen-bond donors (Lipinski definition) is 2. The predicted octanol–water partition coefficient (Wildman–Crippen LogP) is 2.27. The zero-order valence-corrected chi connectivity index (χ0v) is 19.7. The molecule has 2 amide bonds. The number of rotatable bonds is 8. The monoisotopic (exact) mass is 462 g/mol. The van der Waals surface area contributed by atoms with E-state index in [4.69, 9.17) is 14.6 Å². The number of aliphatic hydroxyl groups is 1. The van der Waals surface area contributed by atoms with E-state index >= 15 is 0 Å². The van der Waals surface area contributed by atoms with E-state index in [1.54, 1.807) is 11.8 Å². The van der Waals surface area contributed by atoms with Crippen molar-refractivity contribution in [2.45, 2.75) is 63.1 Å². The molecule has 2 fully saturated rings. The number of hydrogen-bond acceptors (Lipinski definition) is 6. The highest BCUT2D eigenvalue weighted by Crippen LogP contribution is 2.46. The molecule has 32 heavy (non-hydrogen) atoms. The van der Waals surface area contributed by atoms with Crippen LogP contribution in [0, 0.1) is 5.41 Å². The quantitative estimate of drug-likeness (QED) is 0.577. The molecule has 0 spiro atoms. The van der Waals surface area contributed by atoms with Gasteiger partial charge in [-0.05, 0) is 35.1 Å². The van der Waals surface area contributed by atoms with Crippen LogP contribution in [0.1, 0.15) is 50.3 Å². The van der Waals surface area contributed by atoms with E-state index in [1.807, 2.05) is 23.1 Å². The van der Waals surface area contributed by atoms with Gasteiger partial charge in [-0.2, -0.15) is 0 Å². The lowest BCUT2D eigenvalue weighted by Gasteiger charge is -2.34. The molecule has 2 heterocycles. The normalized spacial score (nSPS) is 28.8. The van der Waals surface area contributed by atoms with Gasteiger partial charge in [0.25, 0.3) is 0 Å². The van der Waals surface area contributed by atoms with Gasteiger partial charge in [-0.25, -0.2) is 0 Å². The predicted molar refractivity (Wildman–Crippen MR) is 123 cm³/mol. The maximum atomic E-state index is 13.7. The van der Waals surface area contributed by atoms with Crippen molar-refractivity contribution >= 4 is 23.6 Å². The molecular formula is C24H34N2O5S. The second-order valence-electron chi connectivity index (χ2n) is 9.46. The van der Waals surface area contributed by atoms with Crippen LogP contribution in [0.2, 0.25) is 0 Å². The first-order valence-electron chi connectivity index (χ1n) is 11.5. The van der Waals surface area contributed by atoms with Crippen molar-refractivity contribution in [1.82, 2.24) is 10.2 Å². The van der Waals surface area contributed by atoms with Gasteiger partial charge in [0.1, 0.15) is 6.04 Å². The molecule has 0 radical (unpaired) electrons. The van der Waals surface area contributed by atoms with Crippen LogP contribution in [-0.2, 0) is 25.5 Å². The van der Waals surface area contributed by atoms with Crippen LogP contribution in [0.25, 0.3) is 0 Å². The SMILES string of the molecule is CC1(C)C[C@@H]2SCCCC(=O)N2[C@@H]1C(=O)N[C@H]1c2ccccc2C[C@H]1OCCOCCO. The topological polar surface area (TPSA) is 88.1 Å². The van der Waals surface area contributed by atoms with E-state index in [2.05, 4.69) is 25.2 Å². The summed E-state index contributed by atoms with van der Waals surface area (Å²) in [6.07, 6.45) is 2.73. The summed E-state index contributed by atoms with van der Waals surface area (Å²) < 4.78 is 11.4. The van der Waals surface area contributed by atoms with Gasteiger partial charge in [-0.1, -0.05) is 38.1 Å². The maximum Gasteiger partial charge on any atom is 0.243 e. The van der Waals surface area contributed by atoms with Crippen LogP contribution in [0.15, 0.2) is 24.3 Å². The summed E-state index contributed by atoms with van der Waals surface area (Å²) in [5.41, 5.74) is 1.96. The smallest absolute Gasteiger partial charge is 0.243 e. The fourth-order valence-corrected chi connectivity index (χ4v) is 6.77. The Labute approximate surface area is 194 Å². The van der Waals surface area contributed by atoms with Crippen molar-refractivity contribution in [3.63, 3.8) is 0 Å². The van der Waals surface area contributed by atoms with Gasteiger partial charge in [0, 0.05) is 12.8 Å². The summed E-state index contributed by atoms with van der Waals surface area (Å²) >= 11 is 1.80. The first-order valence-corrected chi connectivity index (χ1v) is 12.6. The van der Waals surface area contributed by atoms with Crippen LogP contribution < -0.4 is 5.32 Å². The van der Waals surface area contributed by atoms with Gasteiger partial charge < -0.3 is 24.8 Å². The third kappa shape index (κ3) is 4.83. The first-order chi connectivity index (χ1) is 15.4. The Balaban J connectivity index is 1.50. The van der Waals surface area contributed by atoms with Gasteiger partial charge in [-0.3, -0.25) is 9.59 Å². The van der Waals surface area contributed by atoms with Crippen molar-refractivity contribution in [3.05, 3.63) is 35.4 Å². The second kappa shape index (κ2) is 10.1. The van der Waals surface area contributed by atoms with Crippen molar-refractivity contribution in [3.8, 4) is 0 Å². The number of carbonyl (C=O) groups excluding carboxylic acids is 2. The Morgan fingerprint density at radius 2 is 2.09 bits per heavy atom. The number of nitrogens with one attached hydrogen (secondary N) is 1. The minimum atomic E-state index is -0.480. The fourth-order valence-electron chi connectivity index (χ4n) is 5.24. The number of nitrogens with zero attached hydrogens (tertiary/aromatic N) is 1. The van der Waals surface area contributed by atoms with Gasteiger partial charge in [0.15, 0.2) is 0 Å². The van der Waals surface area contributed by atoms with Crippen LogP contribution in [0.3, 0.4) is 0 Å². The molecule has 0 saturated carbocycles. The van der Waals surface area contributed by atoms with Crippen molar-refractivity contribution in [1.29, 1.82) is 0 Å². The number of fused-ring (bicyclic) bond motifs is 2. The lowest BCUT2D eigenvalue weighted by atomic mass is 9.84. The summed E-state index contributed by atoms with van der Waals surface area (Å²) in [5, 5.41) is 12.2. The summed E-state index contributed by atoms with van der Waals surface area (Å²) in [7, 11) is 0. The maximum absolute atomic E-state index is 13.7. The zero-order chi connectivity index (χ0) is 22.7. The van der Waals surface area contributed by atoms with E-state index in [-0.39, 0.29) is 48.0 Å². The van der Waals surface area contributed by atoms with E-state index in [1.165, 1.54) is 5.56 Å². The molecule has 0 bridgehead atoms. The van der Waals surface area contributed by atoms with Gasteiger partial charge >= 0.3 is 0 Å². The number of carbonyl (C=O) groups is 2. The van der Waals surface area contributed by atoms with Gasteiger partial charge in [-0.15, -0.1) is 11.8 Å². The minimum Gasteiger partial charge on any atom is -0.394 e. The standard InChI is InChI=1S/C24H34N2O5S/c1-24(2)15-20-26(19(28)8-5-13-32-20)22(24)23(29)25-21-17-7-4-3-6-16(17)14-18(21)31-12-11-30-10-9-27/h3-4,6-7,18,20-22,27H,5,8-15H2,1-2H3,(H,25,29)/t18-,20+,21+,22-/m1/s1. The Morgan fingerprint density at radius 3 is 2.91 bits per heavy atom. The molecular weight excluding hydrogens is 428 g/mol. The molecule has 2 aliphatic heterocycles. The van der Waals surface area contributed by atoms with Crippen molar-refractivity contribution in [2.75, 3.05) is 32.2 Å². The number of benzene rings is 1. The molecule has 1 aliphatic carbocycles. The molecule has 0 unspecified atom stereocenters. The molecule has 0 aromatic heterocycles. The van der Waals surface area contributed by atoms with Crippen LogP contribution >= 0.6 is 11.8 Å². The third-order valence-electron chi connectivity index (χ3n) is 6.69. The summed E-state index contributed by atoms with van der Waals surface area (Å²) in [6, 6.07) is 7.36. The second-order valence-corrected chi connectivity index (χ2v) is 10.7. The van der Waals surface area contributed by atoms with E-state index in [0.29, 0.717) is 19.6 Å². The van der Waals surface area contributed by atoms with Crippen LogP contribution in [-0.4, -0.2) is 71.5 Å². The Morgan fingerprint density at radius 1 is 1.28 bits per heavy atom. The summed E-state index contributed by atoms with van der Waals surface area (Å²) in [4.78, 5) is 28.4. The number of amides is 2. The molecule has 4 rings (SSSR count). The molecule has 8 heteroatoms. The van der Waals surface area contributed by atoms with E-state index in [0.717, 1.165) is 30.6 Å². The zero-order valence-electron chi connectivity index (χ0n) is 18.9. The minimum absolute atomic E-state index is 0.0147. The molecule has 7 nitrogen and oxygen atoms in total. The molecule has 1 aromatic carbocycles. The highest BCUT2D eigenvalue weighted by atomic mass is 32.2. The summed E-state index contributed by atoms with van der Waals surface area (Å²) in [6.45, 7) is 5.24. The average Bonchev–Trinajstić information content (AvgIpc) is 3.17. The Kier molecular flexibility index (Phi) is 7.44. The van der Waals surface area contributed by atoms with Crippen LogP contribution in [0.5, 0.6) is 0 Å². The molecule has 3 aliphatic rings. The number of ether oxygens (including phenoxy) is 2. The molecule has 4 atom stereocenters. The highest BCUT2D eigenvalue weighted by molar-refractivity contribution is 7.99. The van der Waals surface area contributed by atoms with Gasteiger partial charge in [0.05, 0.1) is 43.9 Å². The van der Waals surface area contributed by atoms with E-state index in [9.17, 15) is 9.59 Å². The first kappa shape index (κ1) is 23.5. The number of thioether (sulfide) groups is 1. The molecule has 1 aromatic rings. The molecule has 176 valence electrons. The Hall–Kier alpha value is -1.61. The third-order valence-corrected chi connectivity index (χ3v) is 7.99. The largest absolute Gasteiger partial charge is 0.394 e. The van der Waals surface area contributed by atoms with Crippen molar-refractivity contribution in [2.24, 2.45) is 5.41 Å². The van der Waals surface area contributed by atoms with Crippen LogP contribution in [0.4, 0.5) is 0 Å². The molecule has 2 saturated heterocycles. The lowest BCUT2D eigenvalue weighted by Crippen LogP contribution is -2.53. The number of aliphatic hydroxyl groups excluding tert-OH is 1. The van der Waals surface area contributed by atoms with E-state index < -0.39 is 6.04 Å². The summed E-state index contributed by atoms with van der Waals surface area (Å²) in [5.74, 6) is 0.952. The van der Waals surface area contributed by atoms with Gasteiger partial charge in [0.2, 0.25) is 11.8 Å². The highest BCUT2D eigenvalue weighted by Gasteiger charge is 2.53. The Bertz CT molecular complexity index is 832.